The fraction of sp³-hybridized carbons (Fsp3) is 0.448. The number of alkyl halides is 3. The van der Waals surface area contributed by atoms with Gasteiger partial charge in [-0.05, 0) is 55.4 Å². The maximum Gasteiger partial charge on any atom is 0.416 e. The zero-order valence-electron chi connectivity index (χ0n) is 21.2. The highest BCUT2D eigenvalue weighted by molar-refractivity contribution is 5.99. The van der Waals surface area contributed by atoms with Gasteiger partial charge in [0.05, 0.1) is 28.9 Å². The molecule has 5 rings (SSSR count). The van der Waals surface area contributed by atoms with Crippen LogP contribution in [0.4, 0.5) is 19.0 Å². The zero-order chi connectivity index (χ0) is 26.3. The van der Waals surface area contributed by atoms with Gasteiger partial charge in [-0.2, -0.15) is 18.3 Å². The summed E-state index contributed by atoms with van der Waals surface area (Å²) in [5.41, 5.74) is 0.669. The maximum atomic E-state index is 13.8. The van der Waals surface area contributed by atoms with Gasteiger partial charge in [0.25, 0.3) is 5.91 Å². The Morgan fingerprint density at radius 1 is 1.03 bits per heavy atom. The summed E-state index contributed by atoms with van der Waals surface area (Å²) in [6.07, 6.45) is 3.51. The standard InChI is InChI=1S/C29H33F3N4O/c1-3-28(4-2,21-12-14-22(15-13-21)29(30,31)32)35-26(37)23-19-33-36-25(23)34-24(20-10-6-5-7-11-20)18-27(36)16-8-9-17-27/h5-7,10-15,19,24,34H,3-4,8-9,16-18H2,1-2H3,(H,35,37). The second-order valence-electron chi connectivity index (χ2n) is 10.4. The molecule has 1 aliphatic carbocycles. The molecule has 0 bridgehead atoms. The van der Waals surface area contributed by atoms with Crippen molar-refractivity contribution in [3.05, 3.63) is 83.0 Å². The number of nitrogens with one attached hydrogen (secondary N) is 2. The SMILES string of the molecule is CCC(CC)(NC(=O)c1cnn2c1NC(c1ccccc1)CC21CCCC1)c1ccc(C(F)(F)F)cc1. The molecule has 2 aromatic carbocycles. The summed E-state index contributed by atoms with van der Waals surface area (Å²) >= 11 is 0. The Morgan fingerprint density at radius 2 is 1.65 bits per heavy atom. The van der Waals surface area contributed by atoms with Gasteiger partial charge in [0, 0.05) is 0 Å². The minimum atomic E-state index is -4.41. The van der Waals surface area contributed by atoms with Crippen LogP contribution in [0.1, 0.15) is 91.9 Å². The molecule has 1 atom stereocenters. The molecule has 1 amide bonds. The molecular weight excluding hydrogens is 477 g/mol. The van der Waals surface area contributed by atoms with Crippen LogP contribution in [0.3, 0.4) is 0 Å². The Labute approximate surface area is 215 Å². The van der Waals surface area contributed by atoms with E-state index in [1.807, 2.05) is 36.7 Å². The van der Waals surface area contributed by atoms with E-state index in [2.05, 4.69) is 22.8 Å². The van der Waals surface area contributed by atoms with Gasteiger partial charge >= 0.3 is 6.18 Å². The van der Waals surface area contributed by atoms with Crippen LogP contribution in [0.5, 0.6) is 0 Å². The molecule has 196 valence electrons. The van der Waals surface area contributed by atoms with E-state index >= 15 is 0 Å². The first-order valence-corrected chi connectivity index (χ1v) is 13.1. The first kappa shape index (κ1) is 25.4. The highest BCUT2D eigenvalue weighted by atomic mass is 19.4. The Hall–Kier alpha value is -3.29. The Balaban J connectivity index is 1.48. The fourth-order valence-electron chi connectivity index (χ4n) is 6.20. The number of aromatic nitrogens is 2. The first-order chi connectivity index (χ1) is 17.7. The number of rotatable bonds is 6. The average molecular weight is 511 g/mol. The Bertz CT molecular complexity index is 1240. The number of amides is 1. The number of fused-ring (bicyclic) bond motifs is 2. The lowest BCUT2D eigenvalue weighted by molar-refractivity contribution is -0.137. The third-order valence-corrected chi connectivity index (χ3v) is 8.42. The smallest absolute Gasteiger partial charge is 0.363 e. The number of hydrogen-bond donors (Lipinski definition) is 2. The lowest BCUT2D eigenvalue weighted by Crippen LogP contribution is -2.46. The summed E-state index contributed by atoms with van der Waals surface area (Å²) in [7, 11) is 0. The van der Waals surface area contributed by atoms with Gasteiger partial charge in [-0.1, -0.05) is 69.2 Å². The highest BCUT2D eigenvalue weighted by Crippen LogP contribution is 2.49. The van der Waals surface area contributed by atoms with Crippen LogP contribution in [0.2, 0.25) is 0 Å². The molecule has 1 fully saturated rings. The quantitative estimate of drug-likeness (QED) is 0.370. The van der Waals surface area contributed by atoms with Crippen LogP contribution in [0.25, 0.3) is 0 Å². The van der Waals surface area contributed by atoms with E-state index in [-0.39, 0.29) is 17.5 Å². The average Bonchev–Trinajstić information content (AvgIpc) is 3.55. The number of benzene rings is 2. The Kier molecular flexibility index (Phi) is 6.54. The van der Waals surface area contributed by atoms with E-state index in [0.717, 1.165) is 44.2 Å². The molecule has 3 aromatic rings. The van der Waals surface area contributed by atoms with Crippen molar-refractivity contribution in [2.75, 3.05) is 5.32 Å². The van der Waals surface area contributed by atoms with Gasteiger partial charge in [-0.3, -0.25) is 4.79 Å². The number of anilines is 1. The van der Waals surface area contributed by atoms with Crippen molar-refractivity contribution < 1.29 is 18.0 Å². The molecule has 2 aliphatic rings. The molecule has 5 nitrogen and oxygen atoms in total. The van der Waals surface area contributed by atoms with Gasteiger partial charge in [0.2, 0.25) is 0 Å². The summed E-state index contributed by atoms with van der Waals surface area (Å²) in [5, 5.41) is 11.5. The fourth-order valence-corrected chi connectivity index (χ4v) is 6.20. The summed E-state index contributed by atoms with van der Waals surface area (Å²) in [6.45, 7) is 3.87. The lowest BCUT2D eigenvalue weighted by atomic mass is 9.83. The molecular formula is C29H33F3N4O. The topological polar surface area (TPSA) is 59.0 Å². The predicted octanol–water partition coefficient (Wildman–Crippen LogP) is 7.17. The van der Waals surface area contributed by atoms with Crippen molar-refractivity contribution in [2.45, 2.75) is 82.1 Å². The molecule has 0 saturated heterocycles. The third kappa shape index (κ3) is 4.51. The number of carbonyl (C=O) groups is 1. The second-order valence-corrected chi connectivity index (χ2v) is 10.4. The summed E-state index contributed by atoms with van der Waals surface area (Å²) in [6, 6.07) is 15.4. The van der Waals surface area contributed by atoms with Crippen molar-refractivity contribution >= 4 is 11.7 Å². The minimum Gasteiger partial charge on any atom is -0.363 e. The number of hydrogen-bond acceptors (Lipinski definition) is 3. The number of nitrogens with zero attached hydrogens (tertiary/aromatic N) is 2. The highest BCUT2D eigenvalue weighted by Gasteiger charge is 2.45. The zero-order valence-corrected chi connectivity index (χ0v) is 21.2. The molecule has 1 unspecified atom stereocenters. The van der Waals surface area contributed by atoms with Gasteiger partial charge in [0.1, 0.15) is 11.4 Å². The largest absolute Gasteiger partial charge is 0.416 e. The normalized spacial score (nSPS) is 18.9. The van der Waals surface area contributed by atoms with E-state index in [1.165, 1.54) is 17.7 Å². The van der Waals surface area contributed by atoms with Crippen molar-refractivity contribution in [1.82, 2.24) is 15.1 Å². The number of carbonyl (C=O) groups excluding carboxylic acids is 1. The lowest BCUT2D eigenvalue weighted by Gasteiger charge is -2.41. The van der Waals surface area contributed by atoms with Crippen LogP contribution in [-0.2, 0) is 17.3 Å². The van der Waals surface area contributed by atoms with Gasteiger partial charge in [0.15, 0.2) is 0 Å². The van der Waals surface area contributed by atoms with E-state index in [4.69, 9.17) is 5.10 Å². The molecule has 37 heavy (non-hydrogen) atoms. The molecule has 2 heterocycles. The second kappa shape index (κ2) is 9.54. The van der Waals surface area contributed by atoms with E-state index in [0.29, 0.717) is 29.8 Å². The molecule has 1 aromatic heterocycles. The van der Waals surface area contributed by atoms with Crippen LogP contribution >= 0.6 is 0 Å². The van der Waals surface area contributed by atoms with Crippen molar-refractivity contribution in [1.29, 1.82) is 0 Å². The molecule has 2 N–H and O–H groups in total. The minimum absolute atomic E-state index is 0.0621. The molecule has 0 radical (unpaired) electrons. The molecule has 1 spiro atoms. The maximum absolute atomic E-state index is 13.8. The van der Waals surface area contributed by atoms with Crippen molar-refractivity contribution in [2.24, 2.45) is 0 Å². The van der Waals surface area contributed by atoms with E-state index in [9.17, 15) is 18.0 Å². The molecule has 1 aliphatic heterocycles. The predicted molar refractivity (Wildman–Crippen MR) is 137 cm³/mol. The summed E-state index contributed by atoms with van der Waals surface area (Å²) in [5.74, 6) is 0.437. The third-order valence-electron chi connectivity index (χ3n) is 8.42. The van der Waals surface area contributed by atoms with E-state index in [1.54, 1.807) is 6.20 Å². The van der Waals surface area contributed by atoms with Crippen LogP contribution < -0.4 is 10.6 Å². The van der Waals surface area contributed by atoms with Gasteiger partial charge < -0.3 is 10.6 Å². The van der Waals surface area contributed by atoms with Crippen LogP contribution in [-0.4, -0.2) is 15.7 Å². The van der Waals surface area contributed by atoms with E-state index < -0.39 is 17.3 Å². The summed E-state index contributed by atoms with van der Waals surface area (Å²) < 4.78 is 41.4. The van der Waals surface area contributed by atoms with Crippen molar-refractivity contribution in [3.8, 4) is 0 Å². The van der Waals surface area contributed by atoms with Gasteiger partial charge in [-0.15, -0.1) is 0 Å². The molecule has 1 saturated carbocycles. The van der Waals surface area contributed by atoms with Crippen LogP contribution in [0, 0.1) is 0 Å². The van der Waals surface area contributed by atoms with Crippen molar-refractivity contribution in [3.63, 3.8) is 0 Å². The Morgan fingerprint density at radius 3 is 2.24 bits per heavy atom. The summed E-state index contributed by atoms with van der Waals surface area (Å²) in [4.78, 5) is 13.8. The monoisotopic (exact) mass is 510 g/mol. The number of halogens is 3. The molecule has 8 heteroatoms. The van der Waals surface area contributed by atoms with Crippen LogP contribution in [0.15, 0.2) is 60.8 Å². The first-order valence-electron chi connectivity index (χ1n) is 13.1. The van der Waals surface area contributed by atoms with Gasteiger partial charge in [-0.25, -0.2) is 4.68 Å².